The van der Waals surface area contributed by atoms with E-state index in [1.54, 1.807) is 27.9 Å². The minimum absolute atomic E-state index is 0. The molecular formula is C7H21BClNO5. The lowest BCUT2D eigenvalue weighted by molar-refractivity contribution is -0.134. The summed E-state index contributed by atoms with van der Waals surface area (Å²) in [7, 11) is -0.620. The highest BCUT2D eigenvalue weighted by molar-refractivity contribution is 6.30. The first kappa shape index (κ1) is 20.5. The summed E-state index contributed by atoms with van der Waals surface area (Å²) < 4.78 is 5.08. The van der Waals surface area contributed by atoms with E-state index in [1.807, 2.05) is 0 Å². The van der Waals surface area contributed by atoms with Gasteiger partial charge < -0.3 is 30.6 Å². The molecule has 6 N–H and O–H groups in total. The highest BCUT2D eigenvalue weighted by atomic mass is 35.5. The maximum absolute atomic E-state index is 9.53. The van der Waals surface area contributed by atoms with Crippen molar-refractivity contribution in [2.75, 3.05) is 13.7 Å². The maximum Gasteiger partial charge on any atom is 0.631 e. The molecule has 0 saturated heterocycles. The number of methoxy groups -OCH3 is 1. The highest BCUT2D eigenvalue weighted by Crippen LogP contribution is 2.23. The normalized spacial score (nSPS) is 14.2. The Morgan fingerprint density at radius 1 is 1.20 bits per heavy atom. The second kappa shape index (κ2) is 8.29. The summed E-state index contributed by atoms with van der Waals surface area (Å²) in [6.07, 6.45) is 0. The number of hydrogen-bond acceptors (Lipinski definition) is 6. The van der Waals surface area contributed by atoms with Crippen molar-refractivity contribution in [3.63, 3.8) is 0 Å². The summed E-state index contributed by atoms with van der Waals surface area (Å²) in [4.78, 5) is 0. The number of halogens is 1. The first-order valence-corrected chi connectivity index (χ1v) is 4.12. The van der Waals surface area contributed by atoms with Gasteiger partial charge in [-0.1, -0.05) is 0 Å². The summed E-state index contributed by atoms with van der Waals surface area (Å²) in [6.45, 7) is 5.46. The van der Waals surface area contributed by atoms with Gasteiger partial charge in [-0.2, -0.15) is 0 Å². The molecule has 15 heavy (non-hydrogen) atoms. The van der Waals surface area contributed by atoms with Crippen LogP contribution in [-0.2, 0) is 4.74 Å². The van der Waals surface area contributed by atoms with Crippen molar-refractivity contribution in [3.05, 3.63) is 0 Å². The number of nitrogens with two attached hydrogens (primary N) is 1. The van der Waals surface area contributed by atoms with E-state index in [0.717, 1.165) is 0 Å². The van der Waals surface area contributed by atoms with Crippen LogP contribution in [0.25, 0.3) is 0 Å². The van der Waals surface area contributed by atoms with Gasteiger partial charge in [-0.15, -0.1) is 12.4 Å². The van der Waals surface area contributed by atoms with Crippen LogP contribution in [0.2, 0.25) is 0 Å². The van der Waals surface area contributed by atoms with Crippen molar-refractivity contribution in [3.8, 4) is 0 Å². The summed E-state index contributed by atoms with van der Waals surface area (Å²) in [5.41, 5.74) is 3.88. The molecular weight excluding hydrogens is 224 g/mol. The van der Waals surface area contributed by atoms with Crippen LogP contribution in [0.1, 0.15) is 20.8 Å². The molecule has 0 radical (unpaired) electrons. The molecule has 0 heterocycles. The molecule has 0 aliphatic heterocycles. The monoisotopic (exact) mass is 245 g/mol. The van der Waals surface area contributed by atoms with Gasteiger partial charge in [0.2, 0.25) is 0 Å². The van der Waals surface area contributed by atoms with Crippen LogP contribution in [0, 0.1) is 0 Å². The molecule has 0 bridgehead atoms. The molecule has 0 aromatic rings. The van der Waals surface area contributed by atoms with Gasteiger partial charge in [0.15, 0.2) is 0 Å². The fraction of sp³-hybridized carbons (Fsp3) is 1.00. The van der Waals surface area contributed by atoms with Gasteiger partial charge in [0.1, 0.15) is 5.60 Å². The van der Waals surface area contributed by atoms with Crippen LogP contribution in [0.15, 0.2) is 0 Å². The standard InChI is InChI=1S/C7H17NO2.BH3O3.ClH/c1-6(2,9)7(3,5-8)10-4;2-1(3)4;/h9H,5,8H2,1-4H3;2-4H;1H. The molecule has 94 valence electrons. The lowest BCUT2D eigenvalue weighted by Crippen LogP contribution is -2.54. The lowest BCUT2D eigenvalue weighted by atomic mass is 9.88. The van der Waals surface area contributed by atoms with E-state index in [0.29, 0.717) is 6.54 Å². The summed E-state index contributed by atoms with van der Waals surface area (Å²) in [6, 6.07) is 0. The Morgan fingerprint density at radius 3 is 1.47 bits per heavy atom. The average molecular weight is 246 g/mol. The van der Waals surface area contributed by atoms with Crippen molar-refractivity contribution in [2.45, 2.75) is 32.0 Å². The topological polar surface area (TPSA) is 116 Å². The largest absolute Gasteiger partial charge is 0.631 e. The quantitative estimate of drug-likeness (QED) is 0.386. The minimum atomic E-state index is -2.17. The van der Waals surface area contributed by atoms with Crippen LogP contribution in [-0.4, -0.2) is 52.4 Å². The molecule has 0 rings (SSSR count). The molecule has 0 aromatic carbocycles. The average Bonchev–Trinajstić information content (AvgIpc) is 2.00. The molecule has 0 aliphatic rings. The van der Waals surface area contributed by atoms with Crippen LogP contribution < -0.4 is 5.73 Å². The molecule has 1 unspecified atom stereocenters. The highest BCUT2D eigenvalue weighted by Gasteiger charge is 2.38. The fourth-order valence-corrected chi connectivity index (χ4v) is 0.583. The Balaban J connectivity index is -0.000000249. The zero-order valence-electron chi connectivity index (χ0n) is 9.47. The van der Waals surface area contributed by atoms with E-state index in [-0.39, 0.29) is 12.4 Å². The molecule has 0 fully saturated rings. The third-order valence-electron chi connectivity index (χ3n) is 2.13. The Labute approximate surface area is 96.6 Å². The van der Waals surface area contributed by atoms with Gasteiger partial charge in [-0.25, -0.2) is 0 Å². The number of aliphatic hydroxyl groups is 1. The Kier molecular flexibility index (Phi) is 11.3. The van der Waals surface area contributed by atoms with Gasteiger partial charge in [-0.05, 0) is 20.8 Å². The van der Waals surface area contributed by atoms with Gasteiger partial charge in [0.25, 0.3) is 0 Å². The Bertz CT molecular complexity index is 146. The van der Waals surface area contributed by atoms with Crippen molar-refractivity contribution in [2.24, 2.45) is 5.73 Å². The van der Waals surface area contributed by atoms with E-state index in [1.165, 1.54) is 0 Å². The first-order chi connectivity index (χ1) is 6.10. The Hall–Kier alpha value is 0.115. The predicted octanol–water partition coefficient (Wildman–Crippen LogP) is -1.51. The van der Waals surface area contributed by atoms with Crippen molar-refractivity contribution < 1.29 is 24.9 Å². The van der Waals surface area contributed by atoms with Crippen LogP contribution in [0.4, 0.5) is 0 Å². The molecule has 1 atom stereocenters. The molecule has 0 spiro atoms. The molecule has 0 aliphatic carbocycles. The number of rotatable bonds is 3. The van der Waals surface area contributed by atoms with Crippen LogP contribution in [0.5, 0.6) is 0 Å². The SMILES string of the molecule is COC(C)(CN)C(C)(C)O.Cl.OB(O)O. The molecule has 0 aromatic heterocycles. The lowest BCUT2D eigenvalue weighted by Gasteiger charge is -2.37. The van der Waals surface area contributed by atoms with Crippen molar-refractivity contribution >= 4 is 19.7 Å². The first-order valence-electron chi connectivity index (χ1n) is 4.12. The van der Waals surface area contributed by atoms with Gasteiger partial charge in [0, 0.05) is 13.7 Å². The molecule has 6 nitrogen and oxygen atoms in total. The fourth-order valence-electron chi connectivity index (χ4n) is 0.583. The molecule has 8 heteroatoms. The van der Waals surface area contributed by atoms with E-state index >= 15 is 0 Å². The summed E-state index contributed by atoms with van der Waals surface area (Å²) >= 11 is 0. The van der Waals surface area contributed by atoms with Gasteiger partial charge >= 0.3 is 7.32 Å². The minimum Gasteiger partial charge on any atom is -0.402 e. The van der Waals surface area contributed by atoms with Gasteiger partial charge in [-0.3, -0.25) is 0 Å². The summed E-state index contributed by atoms with van der Waals surface area (Å²) in [5, 5.41) is 31.0. The van der Waals surface area contributed by atoms with Crippen LogP contribution >= 0.6 is 12.4 Å². The zero-order valence-corrected chi connectivity index (χ0v) is 10.3. The van der Waals surface area contributed by atoms with E-state index in [9.17, 15) is 5.11 Å². The number of ether oxygens (including phenoxy) is 1. The molecule has 0 amide bonds. The van der Waals surface area contributed by atoms with E-state index < -0.39 is 18.5 Å². The third-order valence-corrected chi connectivity index (χ3v) is 2.13. The van der Waals surface area contributed by atoms with E-state index in [2.05, 4.69) is 0 Å². The van der Waals surface area contributed by atoms with Crippen LogP contribution in [0.3, 0.4) is 0 Å². The van der Waals surface area contributed by atoms with Crippen molar-refractivity contribution in [1.82, 2.24) is 0 Å². The molecule has 0 saturated carbocycles. The maximum atomic E-state index is 9.53. The smallest absolute Gasteiger partial charge is 0.402 e. The zero-order chi connectivity index (χ0) is 12.0. The summed E-state index contributed by atoms with van der Waals surface area (Å²) in [5.74, 6) is 0. The third kappa shape index (κ3) is 9.07. The van der Waals surface area contributed by atoms with Gasteiger partial charge in [0.05, 0.1) is 5.60 Å². The van der Waals surface area contributed by atoms with E-state index in [4.69, 9.17) is 25.5 Å². The number of hydrogen-bond donors (Lipinski definition) is 5. The Morgan fingerprint density at radius 2 is 1.47 bits per heavy atom. The van der Waals surface area contributed by atoms with Crippen molar-refractivity contribution in [1.29, 1.82) is 0 Å². The second-order valence-corrected chi connectivity index (χ2v) is 3.54. The second-order valence-electron chi connectivity index (χ2n) is 3.54. The predicted molar refractivity (Wildman–Crippen MR) is 60.4 cm³/mol.